The maximum atomic E-state index is 13.1. The molecular weight excluding hydrogens is 450 g/mol. The molecule has 0 N–H and O–H groups in total. The number of thioether (sulfide) groups is 1. The van der Waals surface area contributed by atoms with Gasteiger partial charge in [-0.25, -0.2) is 0 Å². The van der Waals surface area contributed by atoms with Crippen LogP contribution >= 0.6 is 11.8 Å². The third-order valence-corrected chi connectivity index (χ3v) is 7.08. The van der Waals surface area contributed by atoms with Crippen molar-refractivity contribution in [3.8, 4) is 0 Å². The number of ether oxygens (including phenoxy) is 1. The lowest BCUT2D eigenvalue weighted by molar-refractivity contribution is 0.102. The minimum atomic E-state index is -0.0579. The molecule has 0 bridgehead atoms. The number of Topliss-reactive ketones (excluding diaryl/α,β-unsaturated/α-hetero) is 1. The summed E-state index contributed by atoms with van der Waals surface area (Å²) in [6, 6.07) is 9.46. The van der Waals surface area contributed by atoms with Gasteiger partial charge in [0.1, 0.15) is 0 Å². The molecule has 0 aliphatic carbocycles. The second kappa shape index (κ2) is 10.6. The van der Waals surface area contributed by atoms with Crippen LogP contribution in [0.1, 0.15) is 47.9 Å². The number of hydrogen-bond acceptors (Lipinski definition) is 6. The van der Waals surface area contributed by atoms with E-state index >= 15 is 0 Å². The van der Waals surface area contributed by atoms with Crippen LogP contribution in [0.2, 0.25) is 0 Å². The molecule has 34 heavy (non-hydrogen) atoms. The van der Waals surface area contributed by atoms with E-state index in [2.05, 4.69) is 21.7 Å². The molecule has 0 saturated heterocycles. The average molecular weight is 482 g/mol. The molecule has 0 unspecified atom stereocenters. The van der Waals surface area contributed by atoms with E-state index in [1.807, 2.05) is 48.6 Å². The van der Waals surface area contributed by atoms with Crippen LogP contribution in [-0.4, -0.2) is 49.0 Å². The first-order valence-electron chi connectivity index (χ1n) is 11.7. The van der Waals surface area contributed by atoms with Crippen LogP contribution in [0.4, 0.5) is 0 Å². The van der Waals surface area contributed by atoms with Crippen LogP contribution < -0.4 is 5.56 Å². The lowest BCUT2D eigenvalue weighted by Crippen LogP contribution is -2.23. The Balaban J connectivity index is 1.64. The van der Waals surface area contributed by atoms with Crippen molar-refractivity contribution < 1.29 is 9.53 Å². The monoisotopic (exact) mass is 481 g/mol. The number of ketones is 1. The second-order valence-corrected chi connectivity index (χ2v) is 9.38. The molecule has 1 aromatic carbocycles. The van der Waals surface area contributed by atoms with E-state index in [1.54, 1.807) is 11.7 Å². The highest BCUT2D eigenvalue weighted by atomic mass is 32.2. The van der Waals surface area contributed by atoms with Crippen molar-refractivity contribution >= 4 is 34.2 Å². The maximum Gasteiger partial charge on any atom is 0.262 e. The van der Waals surface area contributed by atoms with Gasteiger partial charge in [-0.2, -0.15) is 0 Å². The van der Waals surface area contributed by atoms with Crippen LogP contribution in [0.15, 0.2) is 40.3 Å². The average Bonchev–Trinajstić information content (AvgIpc) is 3.39. The molecule has 0 fully saturated rings. The highest BCUT2D eigenvalue weighted by Gasteiger charge is 2.20. The number of hydrogen-bond donors (Lipinski definition) is 0. The SMILES string of the molecule is CCCCn1c(=O)c2ccccc2n2c(SCC(=O)c3cc(C)n(CCCOC)c3C)nnc12. The van der Waals surface area contributed by atoms with Gasteiger partial charge >= 0.3 is 0 Å². The first-order valence-corrected chi connectivity index (χ1v) is 12.6. The lowest BCUT2D eigenvalue weighted by atomic mass is 10.2. The number of unbranched alkanes of at least 4 members (excludes halogenated alkanes) is 1. The van der Waals surface area contributed by atoms with Gasteiger partial charge in [-0.1, -0.05) is 37.2 Å². The lowest BCUT2D eigenvalue weighted by Gasteiger charge is -2.11. The number of benzene rings is 1. The van der Waals surface area contributed by atoms with Gasteiger partial charge in [0, 0.05) is 43.8 Å². The standard InChI is InChI=1S/C25H31N5O3S/c1-5-6-12-29-23(32)19-10-7-8-11-21(19)30-24(29)26-27-25(30)34-16-22(31)20-15-17(2)28(18(20)3)13-9-14-33-4/h7-8,10-11,15H,5-6,9,12-14,16H2,1-4H3. The third kappa shape index (κ3) is 4.54. The van der Waals surface area contributed by atoms with E-state index in [9.17, 15) is 9.59 Å². The zero-order chi connectivity index (χ0) is 24.2. The number of rotatable bonds is 11. The van der Waals surface area contributed by atoms with Gasteiger partial charge in [0.15, 0.2) is 10.9 Å². The van der Waals surface area contributed by atoms with Crippen molar-refractivity contribution in [3.05, 3.63) is 57.6 Å². The Morgan fingerprint density at radius 2 is 1.85 bits per heavy atom. The van der Waals surface area contributed by atoms with Crippen molar-refractivity contribution in [2.24, 2.45) is 0 Å². The number of para-hydroxylation sites is 1. The minimum Gasteiger partial charge on any atom is -0.385 e. The molecule has 4 aromatic rings. The van der Waals surface area contributed by atoms with Crippen molar-refractivity contribution in [3.63, 3.8) is 0 Å². The highest BCUT2D eigenvalue weighted by Crippen LogP contribution is 2.24. The van der Waals surface area contributed by atoms with Gasteiger partial charge in [0.25, 0.3) is 5.56 Å². The van der Waals surface area contributed by atoms with E-state index in [0.29, 0.717) is 29.5 Å². The Morgan fingerprint density at radius 3 is 2.62 bits per heavy atom. The molecule has 9 heteroatoms. The van der Waals surface area contributed by atoms with Gasteiger partial charge in [-0.05, 0) is 44.9 Å². The number of aryl methyl sites for hydroxylation is 2. The Bertz CT molecular complexity index is 1380. The number of fused-ring (bicyclic) bond motifs is 3. The van der Waals surface area contributed by atoms with Crippen LogP contribution in [0.25, 0.3) is 16.7 Å². The molecular formula is C25H31N5O3S. The van der Waals surface area contributed by atoms with E-state index in [4.69, 9.17) is 4.74 Å². The van der Waals surface area contributed by atoms with E-state index < -0.39 is 0 Å². The maximum absolute atomic E-state index is 13.1. The number of nitrogens with zero attached hydrogens (tertiary/aromatic N) is 5. The minimum absolute atomic E-state index is 0.0523. The number of aromatic nitrogens is 5. The smallest absolute Gasteiger partial charge is 0.262 e. The summed E-state index contributed by atoms with van der Waals surface area (Å²) in [6.07, 6.45) is 2.75. The van der Waals surface area contributed by atoms with Crippen LogP contribution in [0.3, 0.4) is 0 Å². The first-order chi connectivity index (χ1) is 16.5. The topological polar surface area (TPSA) is 83.4 Å². The summed E-state index contributed by atoms with van der Waals surface area (Å²) >= 11 is 1.35. The Morgan fingerprint density at radius 1 is 1.09 bits per heavy atom. The van der Waals surface area contributed by atoms with E-state index in [-0.39, 0.29) is 17.1 Å². The molecule has 3 heterocycles. The molecule has 3 aromatic heterocycles. The molecule has 0 aliphatic rings. The Labute approximate surface area is 202 Å². The summed E-state index contributed by atoms with van der Waals surface area (Å²) in [4.78, 5) is 26.2. The molecule has 0 aliphatic heterocycles. The molecule has 0 saturated carbocycles. The van der Waals surface area contributed by atoms with Crippen LogP contribution in [-0.2, 0) is 17.8 Å². The summed E-state index contributed by atoms with van der Waals surface area (Å²) in [7, 11) is 1.70. The van der Waals surface area contributed by atoms with Gasteiger partial charge in [0.2, 0.25) is 5.78 Å². The predicted octanol–water partition coefficient (Wildman–Crippen LogP) is 4.27. The molecule has 0 spiro atoms. The van der Waals surface area contributed by atoms with Gasteiger partial charge < -0.3 is 9.30 Å². The summed E-state index contributed by atoms with van der Waals surface area (Å²) in [5.41, 5.74) is 3.48. The zero-order valence-electron chi connectivity index (χ0n) is 20.2. The van der Waals surface area contributed by atoms with Crippen LogP contribution in [0.5, 0.6) is 0 Å². The molecule has 4 rings (SSSR count). The Kier molecular flexibility index (Phi) is 7.53. The number of carbonyl (C=O) groups excluding carboxylic acids is 1. The van der Waals surface area contributed by atoms with Crippen molar-refractivity contribution in [2.45, 2.75) is 58.3 Å². The van der Waals surface area contributed by atoms with Crippen LogP contribution in [0, 0.1) is 13.8 Å². The Hall–Kier alpha value is -2.91. The van der Waals surface area contributed by atoms with Crippen molar-refractivity contribution in [1.29, 1.82) is 0 Å². The second-order valence-electron chi connectivity index (χ2n) is 8.44. The number of methoxy groups -OCH3 is 1. The largest absolute Gasteiger partial charge is 0.385 e. The molecule has 0 radical (unpaired) electrons. The fourth-order valence-corrected chi connectivity index (χ4v) is 5.17. The quantitative estimate of drug-likeness (QED) is 0.181. The summed E-state index contributed by atoms with van der Waals surface area (Å²) in [5.74, 6) is 0.811. The summed E-state index contributed by atoms with van der Waals surface area (Å²) < 4.78 is 10.9. The summed E-state index contributed by atoms with van der Waals surface area (Å²) in [6.45, 7) is 8.20. The fraction of sp³-hybridized carbons (Fsp3) is 0.440. The third-order valence-electron chi connectivity index (χ3n) is 6.15. The molecule has 180 valence electrons. The number of carbonyl (C=O) groups is 1. The molecule has 0 amide bonds. The van der Waals surface area contributed by atoms with Gasteiger partial charge in [-0.15, -0.1) is 10.2 Å². The zero-order valence-corrected chi connectivity index (χ0v) is 21.0. The first kappa shape index (κ1) is 24.2. The van der Waals surface area contributed by atoms with Gasteiger partial charge in [0.05, 0.1) is 16.7 Å². The molecule has 8 nitrogen and oxygen atoms in total. The van der Waals surface area contributed by atoms with Crippen molar-refractivity contribution in [1.82, 2.24) is 23.7 Å². The van der Waals surface area contributed by atoms with E-state index in [0.717, 1.165) is 48.3 Å². The predicted molar refractivity (Wildman–Crippen MR) is 135 cm³/mol. The fourth-order valence-electron chi connectivity index (χ4n) is 4.35. The highest BCUT2D eigenvalue weighted by molar-refractivity contribution is 7.99. The van der Waals surface area contributed by atoms with E-state index in [1.165, 1.54) is 11.8 Å². The molecule has 0 atom stereocenters. The van der Waals surface area contributed by atoms with Crippen molar-refractivity contribution in [2.75, 3.05) is 19.5 Å². The normalized spacial score (nSPS) is 11.6. The van der Waals surface area contributed by atoms with Gasteiger partial charge in [-0.3, -0.25) is 18.6 Å². The summed E-state index contributed by atoms with van der Waals surface area (Å²) in [5, 5.41) is 9.93.